The van der Waals surface area contributed by atoms with E-state index in [1.165, 1.54) is 17.2 Å². The van der Waals surface area contributed by atoms with Crippen LogP contribution in [0.4, 0.5) is 4.39 Å². The third-order valence-electron chi connectivity index (χ3n) is 6.74. The highest BCUT2D eigenvalue weighted by molar-refractivity contribution is 5.78. The molecule has 0 spiro atoms. The number of rotatable bonds is 4. The highest BCUT2D eigenvalue weighted by Gasteiger charge is 2.37. The molecular weight excluding hydrogens is 407 g/mol. The zero-order valence-electron chi connectivity index (χ0n) is 17.8. The predicted octanol–water partition coefficient (Wildman–Crippen LogP) is 4.76. The number of amides is 1. The van der Waals surface area contributed by atoms with Gasteiger partial charge in [0, 0.05) is 31.3 Å². The lowest BCUT2D eigenvalue weighted by molar-refractivity contribution is -0.183. The molecule has 0 unspecified atom stereocenters. The number of aromatic nitrogens is 2. The third-order valence-corrected chi connectivity index (χ3v) is 6.74. The van der Waals surface area contributed by atoms with Crippen LogP contribution in [0, 0.1) is 29.0 Å². The second-order valence-corrected chi connectivity index (χ2v) is 8.78. The first kappa shape index (κ1) is 20.7. The van der Waals surface area contributed by atoms with E-state index in [-0.39, 0.29) is 23.4 Å². The van der Waals surface area contributed by atoms with E-state index in [4.69, 9.17) is 10.1 Å². The lowest BCUT2D eigenvalue weighted by atomic mass is 9.81. The largest absolute Gasteiger partial charge is 0.346 e. The molecule has 0 bridgehead atoms. The van der Waals surface area contributed by atoms with Crippen LogP contribution in [0.2, 0.25) is 0 Å². The maximum absolute atomic E-state index is 13.9. The number of carbonyl (C=O) groups excluding carboxylic acids is 1. The molecule has 2 aliphatic rings. The molecule has 1 saturated carbocycles. The number of halogens is 1. The molecule has 7 heteroatoms. The summed E-state index contributed by atoms with van der Waals surface area (Å²) >= 11 is 0. The average molecular weight is 432 g/mol. The van der Waals surface area contributed by atoms with Crippen molar-refractivity contribution in [2.75, 3.05) is 6.61 Å². The van der Waals surface area contributed by atoms with Gasteiger partial charge in [0.2, 0.25) is 5.91 Å². The minimum atomic E-state index is -0.466. The molecule has 2 aromatic heterocycles. The van der Waals surface area contributed by atoms with Gasteiger partial charge in [0.05, 0.1) is 35.3 Å². The van der Waals surface area contributed by atoms with Crippen molar-refractivity contribution in [2.24, 2.45) is 11.8 Å². The lowest BCUT2D eigenvalue weighted by Crippen LogP contribution is -2.37. The van der Waals surface area contributed by atoms with Crippen molar-refractivity contribution in [3.05, 3.63) is 65.7 Å². The molecule has 5 rings (SSSR count). The van der Waals surface area contributed by atoms with Gasteiger partial charge in [-0.3, -0.25) is 14.6 Å². The summed E-state index contributed by atoms with van der Waals surface area (Å²) in [6.45, 7) is 1.35. The second kappa shape index (κ2) is 8.71. The van der Waals surface area contributed by atoms with Gasteiger partial charge in [-0.25, -0.2) is 9.45 Å². The standard InChI is InChI=1S/C25H25FN4O2/c26-21-13-18(15-27)12-20(14-21)23-8-11-32-30(23)25(31)19-5-3-17(4-6-19)16-29-10-7-22-24(29)2-1-9-28-22/h1-2,7,9-10,12-14,17,19,23H,3-6,8,11,16H2/t17-,19-,23-/m0/s1. The van der Waals surface area contributed by atoms with E-state index in [1.54, 1.807) is 6.07 Å². The van der Waals surface area contributed by atoms with Crippen molar-refractivity contribution in [3.63, 3.8) is 0 Å². The number of hydrogen-bond acceptors (Lipinski definition) is 4. The number of carbonyl (C=O) groups is 1. The molecule has 1 aliphatic heterocycles. The molecule has 32 heavy (non-hydrogen) atoms. The number of nitrogens with zero attached hydrogens (tertiary/aromatic N) is 4. The van der Waals surface area contributed by atoms with Crippen LogP contribution in [-0.4, -0.2) is 27.1 Å². The molecule has 164 valence electrons. The molecule has 3 aromatic rings. The van der Waals surface area contributed by atoms with Crippen LogP contribution >= 0.6 is 0 Å². The first-order chi connectivity index (χ1) is 15.6. The summed E-state index contributed by atoms with van der Waals surface area (Å²) in [5.41, 5.74) is 3.03. The quantitative estimate of drug-likeness (QED) is 0.596. The first-order valence-electron chi connectivity index (χ1n) is 11.2. The SMILES string of the molecule is N#Cc1cc(F)cc([C@@H]2CCON2C(=O)[C@H]2CC[C@H](Cn3ccc4ncccc43)CC2)c1. The van der Waals surface area contributed by atoms with E-state index in [0.717, 1.165) is 43.3 Å². The Morgan fingerprint density at radius 2 is 2.03 bits per heavy atom. The summed E-state index contributed by atoms with van der Waals surface area (Å²) in [6, 6.07) is 12.0. The summed E-state index contributed by atoms with van der Waals surface area (Å²) in [5.74, 6) is -0.0543. The number of benzene rings is 1. The fraction of sp³-hybridized carbons (Fsp3) is 0.400. The third kappa shape index (κ3) is 3.98. The summed E-state index contributed by atoms with van der Waals surface area (Å²) in [5, 5.41) is 10.6. The Kier molecular flexibility index (Phi) is 5.62. The number of hydroxylamine groups is 2. The average Bonchev–Trinajstić information content (AvgIpc) is 3.46. The number of nitriles is 1. The Balaban J connectivity index is 1.23. The predicted molar refractivity (Wildman–Crippen MR) is 116 cm³/mol. The highest BCUT2D eigenvalue weighted by atomic mass is 19.1. The normalized spacial score (nSPS) is 23.4. The molecule has 1 atom stereocenters. The van der Waals surface area contributed by atoms with Crippen molar-refractivity contribution in [2.45, 2.75) is 44.7 Å². The van der Waals surface area contributed by atoms with Crippen molar-refractivity contribution >= 4 is 16.9 Å². The van der Waals surface area contributed by atoms with E-state index in [2.05, 4.69) is 21.8 Å². The molecular formula is C25H25FN4O2. The van der Waals surface area contributed by atoms with Crippen LogP contribution in [-0.2, 0) is 16.2 Å². The Morgan fingerprint density at radius 3 is 2.84 bits per heavy atom. The van der Waals surface area contributed by atoms with Crippen LogP contribution in [0.25, 0.3) is 11.0 Å². The fourth-order valence-corrected chi connectivity index (χ4v) is 5.09. The topological polar surface area (TPSA) is 71.2 Å². The molecule has 1 saturated heterocycles. The monoisotopic (exact) mass is 432 g/mol. The zero-order valence-corrected chi connectivity index (χ0v) is 17.8. The van der Waals surface area contributed by atoms with Crippen molar-refractivity contribution in [1.82, 2.24) is 14.6 Å². The number of pyridine rings is 1. The van der Waals surface area contributed by atoms with Gasteiger partial charge in [-0.15, -0.1) is 0 Å². The van der Waals surface area contributed by atoms with Gasteiger partial charge >= 0.3 is 0 Å². The minimum Gasteiger partial charge on any atom is -0.346 e. The van der Waals surface area contributed by atoms with Crippen LogP contribution in [0.1, 0.15) is 49.3 Å². The molecule has 2 fully saturated rings. The van der Waals surface area contributed by atoms with Gasteiger partial charge in [0.15, 0.2) is 0 Å². The van der Waals surface area contributed by atoms with Gasteiger partial charge in [-0.05, 0) is 73.6 Å². The summed E-state index contributed by atoms with van der Waals surface area (Å²) in [7, 11) is 0. The van der Waals surface area contributed by atoms with E-state index in [0.29, 0.717) is 24.5 Å². The molecule has 0 N–H and O–H groups in total. The van der Waals surface area contributed by atoms with Crippen LogP contribution in [0.5, 0.6) is 0 Å². The molecule has 6 nitrogen and oxygen atoms in total. The lowest BCUT2D eigenvalue weighted by Gasteiger charge is -2.32. The van der Waals surface area contributed by atoms with Gasteiger partial charge in [-0.1, -0.05) is 0 Å². The molecule has 3 heterocycles. The van der Waals surface area contributed by atoms with E-state index >= 15 is 0 Å². The summed E-state index contributed by atoms with van der Waals surface area (Å²) in [6.07, 6.45) is 8.10. The maximum atomic E-state index is 13.9. The summed E-state index contributed by atoms with van der Waals surface area (Å²) < 4.78 is 16.2. The van der Waals surface area contributed by atoms with Crippen LogP contribution < -0.4 is 0 Å². The Hall–Kier alpha value is -3.24. The Labute approximate surface area is 186 Å². The Bertz CT molecular complexity index is 1180. The van der Waals surface area contributed by atoms with E-state index in [1.807, 2.05) is 24.4 Å². The van der Waals surface area contributed by atoms with Gasteiger partial charge in [0.25, 0.3) is 0 Å². The summed E-state index contributed by atoms with van der Waals surface area (Å²) in [4.78, 5) is 23.3. The van der Waals surface area contributed by atoms with E-state index in [9.17, 15) is 9.18 Å². The van der Waals surface area contributed by atoms with E-state index < -0.39 is 5.82 Å². The molecule has 1 amide bonds. The van der Waals surface area contributed by atoms with Gasteiger partial charge < -0.3 is 4.57 Å². The smallest absolute Gasteiger partial charge is 0.249 e. The van der Waals surface area contributed by atoms with Crippen LogP contribution in [0.15, 0.2) is 48.8 Å². The van der Waals surface area contributed by atoms with Crippen molar-refractivity contribution < 1.29 is 14.0 Å². The van der Waals surface area contributed by atoms with Gasteiger partial charge in [0.1, 0.15) is 5.82 Å². The second-order valence-electron chi connectivity index (χ2n) is 8.78. The van der Waals surface area contributed by atoms with Crippen molar-refractivity contribution in [3.8, 4) is 6.07 Å². The van der Waals surface area contributed by atoms with Crippen molar-refractivity contribution in [1.29, 1.82) is 5.26 Å². The minimum absolute atomic E-state index is 0.0238. The number of fused-ring (bicyclic) bond motifs is 1. The maximum Gasteiger partial charge on any atom is 0.249 e. The molecule has 1 aliphatic carbocycles. The highest BCUT2D eigenvalue weighted by Crippen LogP contribution is 2.37. The first-order valence-corrected chi connectivity index (χ1v) is 11.2. The zero-order chi connectivity index (χ0) is 22.1. The Morgan fingerprint density at radius 1 is 1.19 bits per heavy atom. The molecule has 1 aromatic carbocycles. The molecule has 0 radical (unpaired) electrons. The fourth-order valence-electron chi connectivity index (χ4n) is 5.09. The number of hydrogen-bond donors (Lipinski definition) is 0. The van der Waals surface area contributed by atoms with Gasteiger partial charge in [-0.2, -0.15) is 5.26 Å². The van der Waals surface area contributed by atoms with Crippen LogP contribution in [0.3, 0.4) is 0 Å².